The van der Waals surface area contributed by atoms with Crippen molar-refractivity contribution in [1.82, 2.24) is 5.32 Å². The number of hydrogen-bond donors (Lipinski definition) is 2. The predicted octanol–water partition coefficient (Wildman–Crippen LogP) is 3.21. The van der Waals surface area contributed by atoms with Crippen molar-refractivity contribution in [1.29, 1.82) is 0 Å². The van der Waals surface area contributed by atoms with Gasteiger partial charge >= 0.3 is 6.09 Å². The zero-order valence-electron chi connectivity index (χ0n) is 14.2. The summed E-state index contributed by atoms with van der Waals surface area (Å²) in [4.78, 5) is 11.7. The SMILES string of the molecule is O=C(NCCc1ccc(NCC2COC2)cc1)OCc1ccccc1. The van der Waals surface area contributed by atoms with Gasteiger partial charge in [0.25, 0.3) is 0 Å². The molecular formula is C20H24N2O3. The lowest BCUT2D eigenvalue weighted by Crippen LogP contribution is -2.33. The molecule has 5 nitrogen and oxygen atoms in total. The molecule has 0 aliphatic carbocycles. The van der Waals surface area contributed by atoms with E-state index >= 15 is 0 Å². The Morgan fingerprint density at radius 3 is 2.48 bits per heavy atom. The van der Waals surface area contributed by atoms with Gasteiger partial charge in [0.2, 0.25) is 0 Å². The number of nitrogens with one attached hydrogen (secondary N) is 2. The van der Waals surface area contributed by atoms with Crippen LogP contribution in [0.1, 0.15) is 11.1 Å². The quantitative estimate of drug-likeness (QED) is 0.775. The van der Waals surface area contributed by atoms with Crippen molar-refractivity contribution in [3.63, 3.8) is 0 Å². The van der Waals surface area contributed by atoms with Crippen molar-refractivity contribution >= 4 is 11.8 Å². The smallest absolute Gasteiger partial charge is 0.407 e. The Labute approximate surface area is 148 Å². The lowest BCUT2D eigenvalue weighted by atomic mass is 10.1. The highest BCUT2D eigenvalue weighted by atomic mass is 16.5. The molecule has 1 aliphatic rings. The first-order valence-corrected chi connectivity index (χ1v) is 8.65. The average Bonchev–Trinajstić information content (AvgIpc) is 2.61. The first kappa shape index (κ1) is 17.3. The third-order valence-corrected chi connectivity index (χ3v) is 4.15. The Morgan fingerprint density at radius 2 is 1.80 bits per heavy atom. The highest BCUT2D eigenvalue weighted by Gasteiger charge is 2.17. The van der Waals surface area contributed by atoms with Crippen LogP contribution in [-0.4, -0.2) is 32.4 Å². The Hall–Kier alpha value is -2.53. The fraction of sp³-hybridized carbons (Fsp3) is 0.350. The molecule has 2 aromatic carbocycles. The van der Waals surface area contributed by atoms with Gasteiger partial charge in [-0.1, -0.05) is 42.5 Å². The van der Waals surface area contributed by atoms with Crippen molar-refractivity contribution in [2.24, 2.45) is 5.92 Å². The van der Waals surface area contributed by atoms with Crippen molar-refractivity contribution in [3.8, 4) is 0 Å². The van der Waals surface area contributed by atoms with Crippen LogP contribution in [-0.2, 0) is 22.5 Å². The van der Waals surface area contributed by atoms with Crippen LogP contribution in [0.4, 0.5) is 10.5 Å². The Kier molecular flexibility index (Phi) is 6.29. The maximum atomic E-state index is 11.7. The van der Waals surface area contributed by atoms with Crippen LogP contribution in [0, 0.1) is 5.92 Å². The van der Waals surface area contributed by atoms with E-state index < -0.39 is 0 Å². The third-order valence-electron chi connectivity index (χ3n) is 4.15. The maximum Gasteiger partial charge on any atom is 0.407 e. The van der Waals surface area contributed by atoms with Crippen LogP contribution in [0.3, 0.4) is 0 Å². The highest BCUT2D eigenvalue weighted by Crippen LogP contribution is 2.14. The molecule has 0 aromatic heterocycles. The molecule has 5 heteroatoms. The second-order valence-electron chi connectivity index (χ2n) is 6.22. The number of carbonyl (C=O) groups excluding carboxylic acids is 1. The zero-order valence-corrected chi connectivity index (χ0v) is 14.2. The standard InChI is InChI=1S/C20H24N2O3/c23-20(25-15-17-4-2-1-3-5-17)21-11-10-16-6-8-19(9-7-16)22-12-18-13-24-14-18/h1-9,18,22H,10-15H2,(H,21,23). The molecule has 0 spiro atoms. The van der Waals surface area contributed by atoms with Gasteiger partial charge in [0.15, 0.2) is 0 Å². The molecule has 132 valence electrons. The minimum absolute atomic E-state index is 0.291. The summed E-state index contributed by atoms with van der Waals surface area (Å²) >= 11 is 0. The number of hydrogen-bond acceptors (Lipinski definition) is 4. The second-order valence-corrected chi connectivity index (χ2v) is 6.22. The second kappa shape index (κ2) is 9.08. The van der Waals surface area contributed by atoms with Crippen molar-refractivity contribution in [2.45, 2.75) is 13.0 Å². The molecular weight excluding hydrogens is 316 g/mol. The van der Waals surface area contributed by atoms with E-state index in [2.05, 4.69) is 34.9 Å². The predicted molar refractivity (Wildman–Crippen MR) is 97.6 cm³/mol. The van der Waals surface area contributed by atoms with E-state index in [0.29, 0.717) is 19.1 Å². The Morgan fingerprint density at radius 1 is 1.04 bits per heavy atom. The maximum absolute atomic E-state index is 11.7. The highest BCUT2D eigenvalue weighted by molar-refractivity contribution is 5.67. The molecule has 1 saturated heterocycles. The number of ether oxygens (including phenoxy) is 2. The van der Waals surface area contributed by atoms with E-state index in [-0.39, 0.29) is 6.09 Å². The summed E-state index contributed by atoms with van der Waals surface area (Å²) in [6, 6.07) is 18.0. The normalized spacial score (nSPS) is 13.8. The molecule has 0 unspecified atom stereocenters. The molecule has 1 heterocycles. The molecule has 1 amide bonds. The first-order valence-electron chi connectivity index (χ1n) is 8.65. The molecule has 25 heavy (non-hydrogen) atoms. The van der Waals surface area contributed by atoms with Crippen molar-refractivity contribution < 1.29 is 14.3 Å². The molecule has 3 rings (SSSR count). The molecule has 0 atom stereocenters. The van der Waals surface area contributed by atoms with E-state index in [1.807, 2.05) is 30.3 Å². The van der Waals surface area contributed by atoms with Gasteiger partial charge in [-0.2, -0.15) is 0 Å². The number of amides is 1. The summed E-state index contributed by atoms with van der Waals surface area (Å²) in [5.41, 5.74) is 3.28. The van der Waals surface area contributed by atoms with Crippen LogP contribution < -0.4 is 10.6 Å². The van der Waals surface area contributed by atoms with E-state index in [1.165, 1.54) is 5.56 Å². The fourth-order valence-electron chi connectivity index (χ4n) is 2.54. The molecule has 0 radical (unpaired) electrons. The van der Waals surface area contributed by atoms with E-state index in [4.69, 9.17) is 9.47 Å². The summed E-state index contributed by atoms with van der Waals surface area (Å²) < 4.78 is 10.3. The van der Waals surface area contributed by atoms with Gasteiger partial charge in [-0.15, -0.1) is 0 Å². The third kappa shape index (κ3) is 5.80. The molecule has 1 aliphatic heterocycles. The van der Waals surface area contributed by atoms with E-state index in [9.17, 15) is 4.79 Å². The van der Waals surface area contributed by atoms with Gasteiger partial charge in [0, 0.05) is 24.7 Å². The van der Waals surface area contributed by atoms with Crippen LogP contribution in [0.25, 0.3) is 0 Å². The minimum Gasteiger partial charge on any atom is -0.445 e. The summed E-state index contributed by atoms with van der Waals surface area (Å²) in [5, 5.41) is 6.19. The monoisotopic (exact) mass is 340 g/mol. The zero-order chi connectivity index (χ0) is 17.3. The van der Waals surface area contributed by atoms with Crippen LogP contribution in [0.15, 0.2) is 54.6 Å². The summed E-state index contributed by atoms with van der Waals surface area (Å²) in [5.74, 6) is 0.630. The lowest BCUT2D eigenvalue weighted by molar-refractivity contribution is -0.0248. The summed E-state index contributed by atoms with van der Waals surface area (Å²) in [6.45, 7) is 3.52. The van der Waals surface area contributed by atoms with Crippen LogP contribution in [0.2, 0.25) is 0 Å². The van der Waals surface area contributed by atoms with Crippen LogP contribution in [0.5, 0.6) is 0 Å². The molecule has 0 saturated carbocycles. The summed E-state index contributed by atoms with van der Waals surface area (Å²) in [6.07, 6.45) is 0.391. The minimum atomic E-state index is -0.384. The number of alkyl carbamates (subject to hydrolysis) is 1. The van der Waals surface area contributed by atoms with Gasteiger partial charge in [-0.3, -0.25) is 0 Å². The van der Waals surface area contributed by atoms with E-state index in [0.717, 1.165) is 37.4 Å². The molecule has 0 bridgehead atoms. The summed E-state index contributed by atoms with van der Waals surface area (Å²) in [7, 11) is 0. The molecule has 2 aromatic rings. The number of benzene rings is 2. The molecule has 2 N–H and O–H groups in total. The van der Waals surface area contributed by atoms with Gasteiger partial charge in [-0.05, 0) is 29.7 Å². The van der Waals surface area contributed by atoms with Gasteiger partial charge in [0.1, 0.15) is 6.61 Å². The number of rotatable bonds is 8. The Bertz CT molecular complexity index is 654. The van der Waals surface area contributed by atoms with Gasteiger partial charge < -0.3 is 20.1 Å². The van der Waals surface area contributed by atoms with Crippen LogP contribution >= 0.6 is 0 Å². The number of anilines is 1. The van der Waals surface area contributed by atoms with Gasteiger partial charge in [-0.25, -0.2) is 4.79 Å². The van der Waals surface area contributed by atoms with Crippen molar-refractivity contribution in [2.75, 3.05) is 31.6 Å². The fourth-order valence-corrected chi connectivity index (χ4v) is 2.54. The lowest BCUT2D eigenvalue weighted by Gasteiger charge is -2.26. The largest absolute Gasteiger partial charge is 0.445 e. The van der Waals surface area contributed by atoms with Gasteiger partial charge in [0.05, 0.1) is 13.2 Å². The topological polar surface area (TPSA) is 59.6 Å². The van der Waals surface area contributed by atoms with Crippen molar-refractivity contribution in [3.05, 3.63) is 65.7 Å². The average molecular weight is 340 g/mol. The Balaban J connectivity index is 1.31. The van der Waals surface area contributed by atoms with E-state index in [1.54, 1.807) is 0 Å². The number of carbonyl (C=O) groups is 1. The molecule has 1 fully saturated rings. The first-order chi connectivity index (χ1) is 12.3.